The number of hydrogen-bond donors (Lipinski definition) is 3. The van der Waals surface area contributed by atoms with Crippen molar-refractivity contribution in [3.8, 4) is 0 Å². The Morgan fingerprint density at radius 2 is 2.04 bits per heavy atom. The first-order valence-corrected chi connectivity index (χ1v) is 9.99. The van der Waals surface area contributed by atoms with E-state index in [4.69, 9.17) is 0 Å². The van der Waals surface area contributed by atoms with Crippen molar-refractivity contribution in [2.75, 3.05) is 25.1 Å². The molecule has 0 bridgehead atoms. The van der Waals surface area contributed by atoms with Crippen LogP contribution in [0.2, 0.25) is 0 Å². The third kappa shape index (κ3) is 7.95. The Bertz CT molecular complexity index is 790. The van der Waals surface area contributed by atoms with Crippen molar-refractivity contribution in [1.82, 2.24) is 16.0 Å². The average molecular weight is 516 g/mol. The number of guanidine groups is 1. The molecule has 1 heterocycles. The monoisotopic (exact) mass is 516 g/mol. The molecule has 1 aromatic rings. The SMILES string of the molecule is CN=C(NCCC(=O)NC1CCS(=O)(=O)C1)NCc1cc(F)ccc1F.I. The minimum absolute atomic E-state index is 0. The number of aliphatic imine (C=N–C) groups is 1. The van der Waals surface area contributed by atoms with E-state index in [1.807, 2.05) is 0 Å². The lowest BCUT2D eigenvalue weighted by atomic mass is 10.2. The molecule has 3 N–H and O–H groups in total. The highest BCUT2D eigenvalue weighted by Gasteiger charge is 2.28. The molecule has 0 aliphatic carbocycles. The lowest BCUT2D eigenvalue weighted by molar-refractivity contribution is -0.121. The molecule has 1 unspecified atom stereocenters. The Balaban J connectivity index is 0.00000364. The topological polar surface area (TPSA) is 99.7 Å². The zero-order valence-electron chi connectivity index (χ0n) is 14.8. The largest absolute Gasteiger partial charge is 0.356 e. The van der Waals surface area contributed by atoms with Gasteiger partial charge < -0.3 is 16.0 Å². The normalized spacial score (nSPS) is 18.5. The molecular weight excluding hydrogens is 493 g/mol. The van der Waals surface area contributed by atoms with Gasteiger partial charge in [0.15, 0.2) is 15.8 Å². The number of halogens is 3. The van der Waals surface area contributed by atoms with E-state index in [1.165, 1.54) is 7.05 Å². The summed E-state index contributed by atoms with van der Waals surface area (Å²) in [6.07, 6.45) is 0.565. The predicted octanol–water partition coefficient (Wildman–Crippen LogP) is 0.941. The average Bonchev–Trinajstić information content (AvgIpc) is 2.92. The van der Waals surface area contributed by atoms with Gasteiger partial charge in [0.05, 0.1) is 11.5 Å². The van der Waals surface area contributed by atoms with Gasteiger partial charge in [-0.25, -0.2) is 17.2 Å². The number of amides is 1. The number of hydrogen-bond acceptors (Lipinski definition) is 4. The molecule has 152 valence electrons. The van der Waals surface area contributed by atoms with Gasteiger partial charge in [-0.2, -0.15) is 0 Å². The molecule has 1 atom stereocenters. The smallest absolute Gasteiger partial charge is 0.222 e. The molecule has 0 saturated carbocycles. The molecule has 1 aliphatic heterocycles. The van der Waals surface area contributed by atoms with Crippen LogP contribution in [0.25, 0.3) is 0 Å². The summed E-state index contributed by atoms with van der Waals surface area (Å²) in [5.41, 5.74) is 0.160. The zero-order chi connectivity index (χ0) is 19.2. The van der Waals surface area contributed by atoms with E-state index >= 15 is 0 Å². The molecule has 2 rings (SSSR count). The molecule has 1 saturated heterocycles. The lowest BCUT2D eigenvalue weighted by Crippen LogP contribution is -2.41. The van der Waals surface area contributed by atoms with Crippen LogP contribution in [0.15, 0.2) is 23.2 Å². The Hall–Kier alpha value is -1.50. The number of sulfone groups is 1. The van der Waals surface area contributed by atoms with Crippen LogP contribution in [-0.4, -0.2) is 51.4 Å². The molecule has 0 aromatic heterocycles. The van der Waals surface area contributed by atoms with Crippen molar-refractivity contribution in [2.45, 2.75) is 25.4 Å². The van der Waals surface area contributed by atoms with Gasteiger partial charge in [-0.05, 0) is 24.6 Å². The number of benzene rings is 1. The molecule has 27 heavy (non-hydrogen) atoms. The van der Waals surface area contributed by atoms with Crippen molar-refractivity contribution in [1.29, 1.82) is 0 Å². The van der Waals surface area contributed by atoms with Crippen molar-refractivity contribution >= 4 is 45.7 Å². The highest BCUT2D eigenvalue weighted by atomic mass is 127. The Kier molecular flexibility index (Phi) is 9.36. The molecule has 1 amide bonds. The maximum Gasteiger partial charge on any atom is 0.222 e. The summed E-state index contributed by atoms with van der Waals surface area (Å²) in [5.74, 6) is -0.897. The summed E-state index contributed by atoms with van der Waals surface area (Å²) in [4.78, 5) is 15.8. The maximum atomic E-state index is 13.6. The molecule has 0 spiro atoms. The third-order valence-corrected chi connectivity index (χ3v) is 5.69. The van der Waals surface area contributed by atoms with Crippen LogP contribution in [0.1, 0.15) is 18.4 Å². The molecule has 1 aliphatic rings. The van der Waals surface area contributed by atoms with Crippen LogP contribution < -0.4 is 16.0 Å². The van der Waals surface area contributed by atoms with Crippen LogP contribution in [0.4, 0.5) is 8.78 Å². The van der Waals surface area contributed by atoms with Crippen LogP contribution in [0.5, 0.6) is 0 Å². The third-order valence-electron chi connectivity index (χ3n) is 3.92. The van der Waals surface area contributed by atoms with Gasteiger partial charge in [0.25, 0.3) is 0 Å². The lowest BCUT2D eigenvalue weighted by Gasteiger charge is -2.14. The minimum Gasteiger partial charge on any atom is -0.356 e. The Morgan fingerprint density at radius 1 is 1.30 bits per heavy atom. The Morgan fingerprint density at radius 3 is 2.67 bits per heavy atom. The van der Waals surface area contributed by atoms with Crippen molar-refractivity contribution < 1.29 is 22.0 Å². The second-order valence-corrected chi connectivity index (χ2v) is 8.23. The number of rotatable bonds is 6. The van der Waals surface area contributed by atoms with Crippen LogP contribution in [-0.2, 0) is 21.2 Å². The second kappa shape index (κ2) is 10.7. The van der Waals surface area contributed by atoms with Gasteiger partial charge in [0.2, 0.25) is 5.91 Å². The highest BCUT2D eigenvalue weighted by molar-refractivity contribution is 14.0. The Labute approximate surface area is 174 Å². The van der Waals surface area contributed by atoms with Crippen molar-refractivity contribution in [2.24, 2.45) is 4.99 Å². The van der Waals surface area contributed by atoms with Gasteiger partial charge in [-0.15, -0.1) is 24.0 Å². The number of carbonyl (C=O) groups excluding carboxylic acids is 1. The fourth-order valence-corrected chi connectivity index (χ4v) is 4.25. The first-order valence-electron chi connectivity index (χ1n) is 8.17. The summed E-state index contributed by atoms with van der Waals surface area (Å²) >= 11 is 0. The molecule has 7 nitrogen and oxygen atoms in total. The predicted molar refractivity (Wildman–Crippen MR) is 110 cm³/mol. The summed E-state index contributed by atoms with van der Waals surface area (Å²) in [7, 11) is -1.52. The quantitative estimate of drug-likeness (QED) is 0.297. The van der Waals surface area contributed by atoms with E-state index < -0.39 is 21.5 Å². The van der Waals surface area contributed by atoms with E-state index in [0.717, 1.165) is 18.2 Å². The first kappa shape index (κ1) is 23.5. The molecule has 11 heteroatoms. The van der Waals surface area contributed by atoms with Crippen molar-refractivity contribution in [3.05, 3.63) is 35.4 Å². The summed E-state index contributed by atoms with van der Waals surface area (Å²) < 4.78 is 49.4. The van der Waals surface area contributed by atoms with Crippen molar-refractivity contribution in [3.63, 3.8) is 0 Å². The maximum absolute atomic E-state index is 13.6. The van der Waals surface area contributed by atoms with E-state index in [-0.39, 0.29) is 72.5 Å². The summed E-state index contributed by atoms with van der Waals surface area (Å²) in [6, 6.07) is 2.86. The fourth-order valence-electron chi connectivity index (χ4n) is 2.58. The first-order chi connectivity index (χ1) is 12.3. The van der Waals surface area contributed by atoms with Gasteiger partial charge >= 0.3 is 0 Å². The van der Waals surface area contributed by atoms with Gasteiger partial charge in [0, 0.05) is 38.2 Å². The van der Waals surface area contributed by atoms with Gasteiger partial charge in [-0.3, -0.25) is 9.79 Å². The number of nitrogens with one attached hydrogen (secondary N) is 3. The molecule has 1 aromatic carbocycles. The van der Waals surface area contributed by atoms with Crippen LogP contribution >= 0.6 is 24.0 Å². The summed E-state index contributed by atoms with van der Waals surface area (Å²) in [5, 5.41) is 8.41. The van der Waals surface area contributed by atoms with Crippen LogP contribution in [0, 0.1) is 11.6 Å². The van der Waals surface area contributed by atoms with Gasteiger partial charge in [0.1, 0.15) is 11.6 Å². The standard InChI is InChI=1S/C16H22F2N4O3S.HI/c1-19-16(21-9-11-8-12(17)2-3-14(11)18)20-6-4-15(23)22-13-5-7-26(24,25)10-13;/h2-3,8,13H,4-7,9-10H2,1H3,(H,22,23)(H2,19,20,21);1H. The van der Waals surface area contributed by atoms with E-state index in [0.29, 0.717) is 12.4 Å². The highest BCUT2D eigenvalue weighted by Crippen LogP contribution is 2.11. The molecular formula is C16H23F2IN4O3S. The number of nitrogens with zero attached hydrogens (tertiary/aromatic N) is 1. The summed E-state index contributed by atoms with van der Waals surface area (Å²) in [6.45, 7) is 0.298. The number of carbonyl (C=O) groups is 1. The molecule has 0 radical (unpaired) electrons. The van der Waals surface area contributed by atoms with E-state index in [9.17, 15) is 22.0 Å². The van der Waals surface area contributed by atoms with Crippen LogP contribution in [0.3, 0.4) is 0 Å². The molecule has 1 fully saturated rings. The van der Waals surface area contributed by atoms with E-state index in [2.05, 4.69) is 20.9 Å². The second-order valence-electron chi connectivity index (χ2n) is 6.01. The van der Waals surface area contributed by atoms with E-state index in [1.54, 1.807) is 0 Å². The minimum atomic E-state index is -3.04. The van der Waals surface area contributed by atoms with Gasteiger partial charge in [-0.1, -0.05) is 0 Å². The fraction of sp³-hybridized carbons (Fsp3) is 0.500. The zero-order valence-corrected chi connectivity index (χ0v) is 17.9.